The number of nitrogen functional groups attached to an aromatic ring is 1. The zero-order valence-electron chi connectivity index (χ0n) is 11.5. The normalized spacial score (nSPS) is 10.7. The molecular formula is C16H16N4. The van der Waals surface area contributed by atoms with Gasteiger partial charge in [-0.05, 0) is 38.1 Å². The monoisotopic (exact) mass is 264 g/mol. The molecule has 0 bridgehead atoms. The third-order valence-corrected chi connectivity index (χ3v) is 3.23. The fraction of sp³-hybridized carbons (Fsp3) is 0.125. The van der Waals surface area contributed by atoms with Crippen molar-refractivity contribution in [2.45, 2.75) is 13.8 Å². The van der Waals surface area contributed by atoms with Crippen LogP contribution >= 0.6 is 0 Å². The van der Waals surface area contributed by atoms with E-state index in [1.165, 1.54) is 0 Å². The van der Waals surface area contributed by atoms with E-state index in [0.717, 1.165) is 33.8 Å². The standard InChI is InChI=1S/C16H16N4/c1-10-9-15(12-5-3-4-6-14(12)18-10)20-16-8-7-13(17)11(2)19-16/h3-9H,17H2,1-2H3,(H,18,19,20). The fourth-order valence-corrected chi connectivity index (χ4v) is 2.19. The number of aryl methyl sites for hydroxylation is 2. The molecule has 100 valence electrons. The van der Waals surface area contributed by atoms with Crippen LogP contribution in [-0.4, -0.2) is 9.97 Å². The highest BCUT2D eigenvalue weighted by Gasteiger charge is 2.05. The van der Waals surface area contributed by atoms with Crippen LogP contribution in [0.4, 0.5) is 17.2 Å². The van der Waals surface area contributed by atoms with Crippen molar-refractivity contribution in [2.24, 2.45) is 0 Å². The van der Waals surface area contributed by atoms with Crippen LogP contribution in [0.1, 0.15) is 11.4 Å². The van der Waals surface area contributed by atoms with Crippen LogP contribution in [0.15, 0.2) is 42.5 Å². The highest BCUT2D eigenvalue weighted by Crippen LogP contribution is 2.26. The topological polar surface area (TPSA) is 63.8 Å². The van der Waals surface area contributed by atoms with Crippen molar-refractivity contribution in [1.82, 2.24) is 9.97 Å². The zero-order valence-corrected chi connectivity index (χ0v) is 11.5. The Kier molecular flexibility index (Phi) is 2.99. The van der Waals surface area contributed by atoms with Gasteiger partial charge in [0.15, 0.2) is 0 Å². The number of hydrogen-bond donors (Lipinski definition) is 2. The summed E-state index contributed by atoms with van der Waals surface area (Å²) in [6.45, 7) is 3.88. The number of anilines is 3. The summed E-state index contributed by atoms with van der Waals surface area (Å²) in [7, 11) is 0. The van der Waals surface area contributed by atoms with E-state index in [1.54, 1.807) is 0 Å². The summed E-state index contributed by atoms with van der Waals surface area (Å²) in [6.07, 6.45) is 0. The molecule has 0 saturated carbocycles. The molecule has 0 amide bonds. The Hall–Kier alpha value is -2.62. The predicted molar refractivity (Wildman–Crippen MR) is 83.1 cm³/mol. The van der Waals surface area contributed by atoms with E-state index in [2.05, 4.69) is 15.3 Å². The molecule has 0 fully saturated rings. The summed E-state index contributed by atoms with van der Waals surface area (Å²) in [4.78, 5) is 8.98. The average Bonchev–Trinajstić information content (AvgIpc) is 2.43. The van der Waals surface area contributed by atoms with Crippen molar-refractivity contribution in [3.63, 3.8) is 0 Å². The van der Waals surface area contributed by atoms with Crippen molar-refractivity contribution in [3.05, 3.63) is 53.9 Å². The Morgan fingerprint density at radius 1 is 1.00 bits per heavy atom. The SMILES string of the molecule is Cc1cc(Nc2ccc(N)c(C)n2)c2ccccc2n1. The molecule has 3 rings (SSSR count). The second-order valence-corrected chi connectivity index (χ2v) is 4.82. The highest BCUT2D eigenvalue weighted by atomic mass is 15.0. The van der Waals surface area contributed by atoms with Crippen LogP contribution < -0.4 is 11.1 Å². The van der Waals surface area contributed by atoms with Crippen LogP contribution in [0, 0.1) is 13.8 Å². The first-order valence-corrected chi connectivity index (χ1v) is 6.50. The number of pyridine rings is 2. The van der Waals surface area contributed by atoms with E-state index in [1.807, 2.05) is 56.3 Å². The van der Waals surface area contributed by atoms with Crippen LogP contribution in [0.25, 0.3) is 10.9 Å². The molecule has 0 unspecified atom stereocenters. The summed E-state index contributed by atoms with van der Waals surface area (Å²) in [5.41, 5.74) is 10.3. The molecule has 0 aliphatic carbocycles. The fourth-order valence-electron chi connectivity index (χ4n) is 2.19. The van der Waals surface area contributed by atoms with Gasteiger partial charge in [-0.1, -0.05) is 18.2 Å². The number of nitrogens with two attached hydrogens (primary N) is 1. The zero-order chi connectivity index (χ0) is 14.1. The minimum atomic E-state index is 0.700. The Bertz CT molecular complexity index is 781. The Labute approximate surface area is 117 Å². The summed E-state index contributed by atoms with van der Waals surface area (Å²) in [5.74, 6) is 0.785. The lowest BCUT2D eigenvalue weighted by Crippen LogP contribution is -1.99. The van der Waals surface area contributed by atoms with Gasteiger partial charge in [-0.15, -0.1) is 0 Å². The van der Waals surface area contributed by atoms with Gasteiger partial charge < -0.3 is 11.1 Å². The number of benzene rings is 1. The van der Waals surface area contributed by atoms with Gasteiger partial charge in [0.25, 0.3) is 0 Å². The van der Waals surface area contributed by atoms with Crippen LogP contribution in [0.2, 0.25) is 0 Å². The van der Waals surface area contributed by atoms with E-state index >= 15 is 0 Å². The molecule has 3 aromatic rings. The van der Waals surface area contributed by atoms with E-state index in [-0.39, 0.29) is 0 Å². The molecule has 0 radical (unpaired) electrons. The highest BCUT2D eigenvalue weighted by molar-refractivity contribution is 5.92. The van der Waals surface area contributed by atoms with Gasteiger partial charge >= 0.3 is 0 Å². The summed E-state index contributed by atoms with van der Waals surface area (Å²) in [5, 5.41) is 4.43. The van der Waals surface area contributed by atoms with Crippen LogP contribution in [-0.2, 0) is 0 Å². The third-order valence-electron chi connectivity index (χ3n) is 3.23. The number of aromatic nitrogens is 2. The molecule has 2 aromatic heterocycles. The van der Waals surface area contributed by atoms with Crippen molar-refractivity contribution in [3.8, 4) is 0 Å². The first-order valence-electron chi connectivity index (χ1n) is 6.50. The van der Waals surface area contributed by atoms with Crippen LogP contribution in [0.3, 0.4) is 0 Å². The van der Waals surface area contributed by atoms with Gasteiger partial charge in [-0.25, -0.2) is 4.98 Å². The molecule has 0 saturated heterocycles. The average molecular weight is 264 g/mol. The van der Waals surface area contributed by atoms with Gasteiger partial charge in [-0.2, -0.15) is 0 Å². The smallest absolute Gasteiger partial charge is 0.130 e. The molecular weight excluding hydrogens is 248 g/mol. The first kappa shape index (κ1) is 12.4. The van der Waals surface area contributed by atoms with Gasteiger partial charge in [0.05, 0.1) is 22.6 Å². The third kappa shape index (κ3) is 2.28. The van der Waals surface area contributed by atoms with Crippen molar-refractivity contribution < 1.29 is 0 Å². The van der Waals surface area contributed by atoms with E-state index in [9.17, 15) is 0 Å². The van der Waals surface area contributed by atoms with Gasteiger partial charge in [0, 0.05) is 11.1 Å². The molecule has 2 heterocycles. The number of hydrogen-bond acceptors (Lipinski definition) is 4. The maximum atomic E-state index is 5.80. The summed E-state index contributed by atoms with van der Waals surface area (Å²) >= 11 is 0. The van der Waals surface area contributed by atoms with E-state index in [4.69, 9.17) is 5.73 Å². The lowest BCUT2D eigenvalue weighted by Gasteiger charge is -2.11. The Balaban J connectivity index is 2.07. The molecule has 3 N–H and O–H groups in total. The van der Waals surface area contributed by atoms with Crippen molar-refractivity contribution in [1.29, 1.82) is 0 Å². The van der Waals surface area contributed by atoms with E-state index < -0.39 is 0 Å². The molecule has 20 heavy (non-hydrogen) atoms. The molecule has 0 atom stereocenters. The number of rotatable bonds is 2. The molecule has 4 nitrogen and oxygen atoms in total. The summed E-state index contributed by atoms with van der Waals surface area (Å²) < 4.78 is 0. The second kappa shape index (κ2) is 4.81. The van der Waals surface area contributed by atoms with E-state index in [0.29, 0.717) is 5.69 Å². The lowest BCUT2D eigenvalue weighted by molar-refractivity contribution is 1.20. The van der Waals surface area contributed by atoms with Crippen molar-refractivity contribution >= 4 is 28.1 Å². The molecule has 4 heteroatoms. The first-order chi connectivity index (χ1) is 9.63. The maximum Gasteiger partial charge on any atom is 0.130 e. The number of nitrogens with zero attached hydrogens (tertiary/aromatic N) is 2. The number of para-hydroxylation sites is 1. The minimum Gasteiger partial charge on any atom is -0.397 e. The summed E-state index contributed by atoms with van der Waals surface area (Å²) in [6, 6.07) is 13.8. The molecule has 1 aromatic carbocycles. The number of fused-ring (bicyclic) bond motifs is 1. The van der Waals surface area contributed by atoms with Crippen molar-refractivity contribution in [2.75, 3.05) is 11.1 Å². The Morgan fingerprint density at radius 3 is 2.60 bits per heavy atom. The molecule has 0 spiro atoms. The number of nitrogens with one attached hydrogen (secondary N) is 1. The Morgan fingerprint density at radius 2 is 1.80 bits per heavy atom. The largest absolute Gasteiger partial charge is 0.397 e. The van der Waals surface area contributed by atoms with Gasteiger partial charge in [0.2, 0.25) is 0 Å². The molecule has 0 aliphatic heterocycles. The second-order valence-electron chi connectivity index (χ2n) is 4.82. The van der Waals surface area contributed by atoms with Crippen LogP contribution in [0.5, 0.6) is 0 Å². The lowest BCUT2D eigenvalue weighted by atomic mass is 10.1. The maximum absolute atomic E-state index is 5.80. The quantitative estimate of drug-likeness (QED) is 0.742. The predicted octanol–water partition coefficient (Wildman–Crippen LogP) is 3.57. The van der Waals surface area contributed by atoms with Gasteiger partial charge in [-0.3, -0.25) is 4.98 Å². The molecule has 0 aliphatic rings. The van der Waals surface area contributed by atoms with Gasteiger partial charge in [0.1, 0.15) is 5.82 Å². The minimum absolute atomic E-state index is 0.700.